The minimum atomic E-state index is -0.665. The molecule has 0 aliphatic rings. The van der Waals surface area contributed by atoms with Crippen LogP contribution in [0.4, 0.5) is 11.4 Å². The largest absolute Gasteiger partial charge is 0.497 e. The molecule has 0 aromatic heterocycles. The van der Waals surface area contributed by atoms with Gasteiger partial charge in [0, 0.05) is 16.6 Å². The molecule has 2 amide bonds. The number of anilines is 1. The lowest BCUT2D eigenvalue weighted by Crippen LogP contribution is -2.31. The zero-order valence-electron chi connectivity index (χ0n) is 17.2. The van der Waals surface area contributed by atoms with Gasteiger partial charge in [0.2, 0.25) is 0 Å². The monoisotopic (exact) mass is 529 g/mol. The third-order valence-electron chi connectivity index (χ3n) is 4.43. The fraction of sp³-hybridized carbons (Fsp3) is 0.0435. The molecule has 0 aliphatic carbocycles. The predicted molar refractivity (Wildman–Crippen MR) is 129 cm³/mol. The third-order valence-corrected chi connectivity index (χ3v) is 5.45. The molecule has 3 rings (SSSR count). The molecule has 0 spiro atoms. The quantitative estimate of drug-likeness (QED) is 0.240. The van der Waals surface area contributed by atoms with Gasteiger partial charge in [-0.25, -0.2) is 0 Å². The molecule has 10 heteroatoms. The molecule has 0 bridgehead atoms. The van der Waals surface area contributed by atoms with Crippen LogP contribution in [-0.2, 0) is 4.79 Å². The Labute approximate surface area is 202 Å². The molecule has 2 N–H and O–H groups in total. The summed E-state index contributed by atoms with van der Waals surface area (Å²) in [6.07, 6.45) is 1.34. The zero-order chi connectivity index (χ0) is 24.0. The van der Waals surface area contributed by atoms with Gasteiger partial charge in [-0.05, 0) is 57.9 Å². The number of nitrogens with one attached hydrogen (secondary N) is 2. The highest BCUT2D eigenvalue weighted by molar-refractivity contribution is 9.10. The van der Waals surface area contributed by atoms with Gasteiger partial charge >= 0.3 is 0 Å². The van der Waals surface area contributed by atoms with Crippen molar-refractivity contribution in [3.63, 3.8) is 0 Å². The molecule has 0 saturated heterocycles. The zero-order valence-corrected chi connectivity index (χ0v) is 19.5. The maximum absolute atomic E-state index is 13.0. The molecular weight excluding hydrogens is 514 g/mol. The molecule has 0 radical (unpaired) electrons. The van der Waals surface area contributed by atoms with Crippen molar-refractivity contribution in [2.75, 3.05) is 12.4 Å². The predicted octanol–water partition coefficient (Wildman–Crippen LogP) is 5.43. The van der Waals surface area contributed by atoms with E-state index in [1.165, 1.54) is 37.5 Å². The number of amides is 2. The number of carbonyl (C=O) groups excluding carboxylic acids is 2. The number of hydrogen-bond acceptors (Lipinski definition) is 5. The summed E-state index contributed by atoms with van der Waals surface area (Å²) in [5, 5.41) is 16.6. The number of non-ortho nitro benzene ring substituents is 1. The molecule has 0 aliphatic heterocycles. The van der Waals surface area contributed by atoms with Gasteiger partial charge in [-0.15, -0.1) is 0 Å². The number of carbonyl (C=O) groups is 2. The number of nitro groups is 1. The first-order valence-corrected chi connectivity index (χ1v) is 10.6. The number of halogens is 2. The summed E-state index contributed by atoms with van der Waals surface area (Å²) >= 11 is 9.44. The summed E-state index contributed by atoms with van der Waals surface area (Å²) in [4.78, 5) is 36.6. The van der Waals surface area contributed by atoms with Gasteiger partial charge in [0.25, 0.3) is 17.5 Å². The van der Waals surface area contributed by atoms with Crippen molar-refractivity contribution >= 4 is 56.8 Å². The minimum Gasteiger partial charge on any atom is -0.497 e. The van der Waals surface area contributed by atoms with E-state index in [4.69, 9.17) is 16.3 Å². The first-order chi connectivity index (χ1) is 15.8. The molecule has 0 atom stereocenters. The van der Waals surface area contributed by atoms with E-state index in [0.717, 1.165) is 0 Å². The second kappa shape index (κ2) is 10.8. The number of benzene rings is 3. The van der Waals surface area contributed by atoms with Crippen LogP contribution in [0.1, 0.15) is 15.9 Å². The van der Waals surface area contributed by atoms with Crippen LogP contribution in [0.25, 0.3) is 6.08 Å². The maximum Gasteiger partial charge on any atom is 0.272 e. The number of rotatable bonds is 7. The Balaban J connectivity index is 1.98. The highest BCUT2D eigenvalue weighted by Gasteiger charge is 2.19. The van der Waals surface area contributed by atoms with E-state index in [1.54, 1.807) is 42.5 Å². The van der Waals surface area contributed by atoms with Crippen LogP contribution in [0.2, 0.25) is 5.02 Å². The van der Waals surface area contributed by atoms with Crippen molar-refractivity contribution < 1.29 is 19.2 Å². The standard InChI is InChI=1S/C23H17BrClN3O5/c1-33-16-9-10-18(24)17(13-16)22(29)27-21(12-14-5-4-6-15(11-14)28(31)32)23(30)26-20-8-3-2-7-19(20)25/h2-13H,1H3,(H,26,30)(H,27,29). The maximum atomic E-state index is 13.0. The highest BCUT2D eigenvalue weighted by Crippen LogP contribution is 2.24. The molecule has 0 fully saturated rings. The van der Waals surface area contributed by atoms with E-state index in [9.17, 15) is 19.7 Å². The Morgan fingerprint density at radius 2 is 1.85 bits per heavy atom. The van der Waals surface area contributed by atoms with Crippen LogP contribution in [0.15, 0.2) is 76.9 Å². The average Bonchev–Trinajstić information content (AvgIpc) is 2.80. The summed E-state index contributed by atoms with van der Waals surface area (Å²) in [5.41, 5.74) is 0.612. The van der Waals surface area contributed by atoms with Crippen molar-refractivity contribution in [2.45, 2.75) is 0 Å². The Morgan fingerprint density at radius 1 is 1.09 bits per heavy atom. The number of para-hydroxylation sites is 1. The van der Waals surface area contributed by atoms with Crippen LogP contribution < -0.4 is 15.4 Å². The Bertz CT molecular complexity index is 1260. The molecule has 3 aromatic rings. The van der Waals surface area contributed by atoms with Crippen LogP contribution in [0, 0.1) is 10.1 Å². The van der Waals surface area contributed by atoms with Crippen LogP contribution >= 0.6 is 27.5 Å². The highest BCUT2D eigenvalue weighted by atomic mass is 79.9. The summed E-state index contributed by atoms with van der Waals surface area (Å²) in [5.74, 6) is -0.804. The van der Waals surface area contributed by atoms with Gasteiger partial charge in [0.1, 0.15) is 11.4 Å². The average molecular weight is 531 g/mol. The van der Waals surface area contributed by atoms with Crippen molar-refractivity contribution in [3.8, 4) is 5.75 Å². The Morgan fingerprint density at radius 3 is 2.55 bits per heavy atom. The summed E-state index contributed by atoms with van der Waals surface area (Å²) in [7, 11) is 1.47. The van der Waals surface area contributed by atoms with E-state index >= 15 is 0 Å². The van der Waals surface area contributed by atoms with E-state index in [1.807, 2.05) is 0 Å². The Kier molecular flexibility index (Phi) is 7.81. The molecule has 33 heavy (non-hydrogen) atoms. The number of hydrogen-bond donors (Lipinski definition) is 2. The van der Waals surface area contributed by atoms with Crippen LogP contribution in [0.3, 0.4) is 0 Å². The first kappa shape index (κ1) is 24.0. The first-order valence-electron chi connectivity index (χ1n) is 9.45. The number of nitrogens with zero attached hydrogens (tertiary/aromatic N) is 1. The summed E-state index contributed by atoms with van der Waals surface area (Å²) in [6, 6.07) is 17.1. The molecule has 168 valence electrons. The van der Waals surface area contributed by atoms with Gasteiger partial charge in [0.15, 0.2) is 0 Å². The number of ether oxygens (including phenoxy) is 1. The van der Waals surface area contributed by atoms with Gasteiger partial charge in [-0.3, -0.25) is 19.7 Å². The summed E-state index contributed by atoms with van der Waals surface area (Å²) in [6.45, 7) is 0. The van der Waals surface area contributed by atoms with Crippen LogP contribution in [-0.4, -0.2) is 23.8 Å². The van der Waals surface area contributed by atoms with E-state index in [0.29, 0.717) is 26.5 Å². The van der Waals surface area contributed by atoms with Crippen molar-refractivity contribution in [1.82, 2.24) is 5.32 Å². The van der Waals surface area contributed by atoms with Crippen molar-refractivity contribution in [1.29, 1.82) is 0 Å². The number of methoxy groups -OCH3 is 1. The van der Waals surface area contributed by atoms with E-state index in [2.05, 4.69) is 26.6 Å². The fourth-order valence-corrected chi connectivity index (χ4v) is 3.41. The van der Waals surface area contributed by atoms with Crippen molar-refractivity contribution in [2.24, 2.45) is 0 Å². The van der Waals surface area contributed by atoms with Crippen molar-refractivity contribution in [3.05, 3.63) is 103 Å². The third kappa shape index (κ3) is 6.18. The second-order valence-electron chi connectivity index (χ2n) is 6.64. The van der Waals surface area contributed by atoms with Gasteiger partial charge in [0.05, 0.1) is 28.3 Å². The molecule has 8 nitrogen and oxygen atoms in total. The topological polar surface area (TPSA) is 111 Å². The van der Waals surface area contributed by atoms with Gasteiger partial charge in [-0.1, -0.05) is 35.9 Å². The molecule has 0 unspecified atom stereocenters. The molecule has 3 aromatic carbocycles. The van der Waals surface area contributed by atoms with E-state index < -0.39 is 16.7 Å². The lowest BCUT2D eigenvalue weighted by molar-refractivity contribution is -0.384. The van der Waals surface area contributed by atoms with Gasteiger partial charge < -0.3 is 15.4 Å². The van der Waals surface area contributed by atoms with Gasteiger partial charge in [-0.2, -0.15) is 0 Å². The smallest absolute Gasteiger partial charge is 0.272 e. The fourth-order valence-electron chi connectivity index (χ4n) is 2.80. The molecule has 0 saturated carbocycles. The summed E-state index contributed by atoms with van der Waals surface area (Å²) < 4.78 is 5.65. The lowest BCUT2D eigenvalue weighted by Gasteiger charge is -2.13. The molecular formula is C23H17BrClN3O5. The minimum absolute atomic E-state index is 0.143. The Hall–Kier alpha value is -3.69. The second-order valence-corrected chi connectivity index (χ2v) is 7.91. The normalized spacial score (nSPS) is 10.9. The van der Waals surface area contributed by atoms with Crippen LogP contribution in [0.5, 0.6) is 5.75 Å². The number of nitro benzene ring substituents is 1. The molecule has 0 heterocycles. The van der Waals surface area contributed by atoms with E-state index in [-0.39, 0.29) is 16.9 Å². The SMILES string of the molecule is COc1ccc(Br)c(C(=O)NC(=Cc2cccc([N+](=O)[O-])c2)C(=O)Nc2ccccc2Cl)c1. The lowest BCUT2D eigenvalue weighted by atomic mass is 10.1.